The SMILES string of the molecule is Cc1cc(C(=O)N/N=C\c2ccc(N(C)C)o2)cs1. The van der Waals surface area contributed by atoms with Crippen LogP contribution in [-0.4, -0.2) is 26.2 Å². The van der Waals surface area contributed by atoms with Crippen molar-refractivity contribution in [3.05, 3.63) is 39.8 Å². The minimum atomic E-state index is -0.222. The van der Waals surface area contributed by atoms with Crippen LogP contribution in [-0.2, 0) is 0 Å². The lowest BCUT2D eigenvalue weighted by Gasteiger charge is -2.05. The summed E-state index contributed by atoms with van der Waals surface area (Å²) in [4.78, 5) is 14.6. The minimum absolute atomic E-state index is 0.222. The van der Waals surface area contributed by atoms with Gasteiger partial charge in [-0.15, -0.1) is 11.3 Å². The third-order valence-corrected chi connectivity index (χ3v) is 3.27. The molecular formula is C13H15N3O2S. The third kappa shape index (κ3) is 3.45. The van der Waals surface area contributed by atoms with E-state index in [1.54, 1.807) is 11.4 Å². The van der Waals surface area contributed by atoms with Crippen LogP contribution in [0.15, 0.2) is 33.1 Å². The fourth-order valence-electron chi connectivity index (χ4n) is 1.43. The van der Waals surface area contributed by atoms with Crippen LogP contribution in [0.25, 0.3) is 0 Å². The zero-order valence-electron chi connectivity index (χ0n) is 11.0. The molecule has 0 aromatic carbocycles. The Bertz CT molecular complexity index is 599. The molecule has 100 valence electrons. The van der Waals surface area contributed by atoms with Gasteiger partial charge in [-0.2, -0.15) is 5.10 Å². The van der Waals surface area contributed by atoms with Crippen molar-refractivity contribution in [1.29, 1.82) is 0 Å². The van der Waals surface area contributed by atoms with Gasteiger partial charge in [-0.3, -0.25) is 4.79 Å². The molecule has 1 amide bonds. The molecule has 6 heteroatoms. The molecule has 2 aromatic rings. The van der Waals surface area contributed by atoms with Crippen LogP contribution in [0.1, 0.15) is 21.0 Å². The van der Waals surface area contributed by atoms with Crippen LogP contribution in [0.2, 0.25) is 0 Å². The van der Waals surface area contributed by atoms with Crippen molar-refractivity contribution in [3.8, 4) is 0 Å². The second-order valence-electron chi connectivity index (χ2n) is 4.22. The van der Waals surface area contributed by atoms with E-state index in [2.05, 4.69) is 10.5 Å². The summed E-state index contributed by atoms with van der Waals surface area (Å²) in [5, 5.41) is 5.67. The van der Waals surface area contributed by atoms with Gasteiger partial charge < -0.3 is 9.32 Å². The minimum Gasteiger partial charge on any atom is -0.440 e. The smallest absolute Gasteiger partial charge is 0.272 e. The topological polar surface area (TPSA) is 57.8 Å². The number of amides is 1. The van der Waals surface area contributed by atoms with E-state index in [0.717, 1.165) is 10.8 Å². The Labute approximate surface area is 115 Å². The van der Waals surface area contributed by atoms with Gasteiger partial charge in [0.2, 0.25) is 0 Å². The molecule has 2 heterocycles. The number of nitrogens with one attached hydrogen (secondary N) is 1. The van der Waals surface area contributed by atoms with Gasteiger partial charge in [0.05, 0.1) is 11.8 Å². The van der Waals surface area contributed by atoms with E-state index in [1.807, 2.05) is 38.1 Å². The van der Waals surface area contributed by atoms with Crippen molar-refractivity contribution in [1.82, 2.24) is 5.43 Å². The summed E-state index contributed by atoms with van der Waals surface area (Å²) in [6.07, 6.45) is 1.48. The predicted octanol–water partition coefficient (Wildman–Crippen LogP) is 2.48. The molecular weight excluding hydrogens is 262 g/mol. The zero-order valence-corrected chi connectivity index (χ0v) is 11.8. The van der Waals surface area contributed by atoms with Gasteiger partial charge >= 0.3 is 0 Å². The average Bonchev–Trinajstić information content (AvgIpc) is 2.98. The maximum Gasteiger partial charge on any atom is 0.272 e. The van der Waals surface area contributed by atoms with Crippen LogP contribution in [0.5, 0.6) is 0 Å². The first-order valence-electron chi connectivity index (χ1n) is 5.72. The molecule has 0 aliphatic carbocycles. The molecule has 0 radical (unpaired) electrons. The van der Waals surface area contributed by atoms with Crippen LogP contribution < -0.4 is 10.3 Å². The summed E-state index contributed by atoms with van der Waals surface area (Å²) in [5.41, 5.74) is 3.08. The fraction of sp³-hybridized carbons (Fsp3) is 0.231. The lowest BCUT2D eigenvalue weighted by Crippen LogP contribution is -2.16. The molecule has 0 bridgehead atoms. The van der Waals surface area contributed by atoms with Crippen LogP contribution in [0.4, 0.5) is 5.88 Å². The lowest BCUT2D eigenvalue weighted by atomic mass is 10.3. The second kappa shape index (κ2) is 5.71. The Hall–Kier alpha value is -2.08. The first-order valence-corrected chi connectivity index (χ1v) is 6.60. The maximum atomic E-state index is 11.7. The second-order valence-corrected chi connectivity index (χ2v) is 5.33. The number of hydrazone groups is 1. The Morgan fingerprint density at radius 2 is 2.26 bits per heavy atom. The van der Waals surface area contributed by atoms with Gasteiger partial charge in [-0.05, 0) is 19.1 Å². The van der Waals surface area contributed by atoms with Crippen molar-refractivity contribution >= 4 is 29.3 Å². The molecule has 1 N–H and O–H groups in total. The van der Waals surface area contributed by atoms with Gasteiger partial charge in [0, 0.05) is 30.4 Å². The number of hydrogen-bond acceptors (Lipinski definition) is 5. The van der Waals surface area contributed by atoms with Crippen molar-refractivity contribution < 1.29 is 9.21 Å². The summed E-state index contributed by atoms with van der Waals surface area (Å²) < 4.78 is 5.46. The van der Waals surface area contributed by atoms with E-state index in [-0.39, 0.29) is 5.91 Å². The number of furan rings is 1. The van der Waals surface area contributed by atoms with Gasteiger partial charge in [0.25, 0.3) is 5.91 Å². The fourth-order valence-corrected chi connectivity index (χ4v) is 2.12. The molecule has 0 spiro atoms. The number of thiophene rings is 1. The van der Waals surface area contributed by atoms with Gasteiger partial charge in [0.1, 0.15) is 5.76 Å². The van der Waals surface area contributed by atoms with Gasteiger partial charge in [-0.1, -0.05) is 0 Å². The van der Waals surface area contributed by atoms with Crippen molar-refractivity contribution in [2.24, 2.45) is 5.10 Å². The van der Waals surface area contributed by atoms with Crippen molar-refractivity contribution in [3.63, 3.8) is 0 Å². The molecule has 19 heavy (non-hydrogen) atoms. The summed E-state index contributed by atoms with van der Waals surface area (Å²) >= 11 is 1.53. The lowest BCUT2D eigenvalue weighted by molar-refractivity contribution is 0.0955. The highest BCUT2D eigenvalue weighted by molar-refractivity contribution is 7.10. The molecule has 0 saturated carbocycles. The number of nitrogens with zero attached hydrogens (tertiary/aromatic N) is 2. The molecule has 2 aromatic heterocycles. The largest absolute Gasteiger partial charge is 0.440 e. The highest BCUT2D eigenvalue weighted by Gasteiger charge is 2.06. The average molecular weight is 277 g/mol. The summed E-state index contributed by atoms with van der Waals surface area (Å²) in [6, 6.07) is 5.46. The highest BCUT2D eigenvalue weighted by atomic mass is 32.1. The van der Waals surface area contributed by atoms with Gasteiger partial charge in [0.15, 0.2) is 5.88 Å². The highest BCUT2D eigenvalue weighted by Crippen LogP contribution is 2.14. The molecule has 0 saturated heterocycles. The first-order chi connectivity index (χ1) is 9.06. The third-order valence-electron chi connectivity index (χ3n) is 2.40. The monoisotopic (exact) mass is 277 g/mol. The number of carbonyl (C=O) groups excluding carboxylic acids is 1. The number of rotatable bonds is 4. The number of carbonyl (C=O) groups is 1. The Balaban J connectivity index is 1.94. The molecule has 0 aliphatic rings. The molecule has 0 fully saturated rings. The summed E-state index contributed by atoms with van der Waals surface area (Å²) in [5.74, 6) is 1.10. The predicted molar refractivity (Wildman–Crippen MR) is 77.2 cm³/mol. The normalized spacial score (nSPS) is 10.9. The Morgan fingerprint density at radius 3 is 2.84 bits per heavy atom. The van der Waals surface area contributed by atoms with Crippen molar-refractivity contribution in [2.45, 2.75) is 6.92 Å². The van der Waals surface area contributed by atoms with Crippen molar-refractivity contribution in [2.75, 3.05) is 19.0 Å². The quantitative estimate of drug-likeness (QED) is 0.690. The van der Waals surface area contributed by atoms with E-state index in [4.69, 9.17) is 4.42 Å². The van der Waals surface area contributed by atoms with Crippen LogP contribution >= 0.6 is 11.3 Å². The van der Waals surface area contributed by atoms with E-state index in [9.17, 15) is 4.79 Å². The van der Waals surface area contributed by atoms with E-state index < -0.39 is 0 Å². The van der Waals surface area contributed by atoms with Gasteiger partial charge in [-0.25, -0.2) is 5.43 Å². The standard InChI is InChI=1S/C13H15N3O2S/c1-9-6-10(8-19-9)13(17)15-14-7-11-4-5-12(18-11)16(2)3/h4-8H,1-3H3,(H,15,17)/b14-7-. The molecule has 5 nitrogen and oxygen atoms in total. The number of hydrogen-bond donors (Lipinski definition) is 1. The maximum absolute atomic E-state index is 11.7. The molecule has 0 unspecified atom stereocenters. The van der Waals surface area contributed by atoms with Crippen LogP contribution in [0, 0.1) is 6.92 Å². The molecule has 2 rings (SSSR count). The Kier molecular flexibility index (Phi) is 4.01. The first kappa shape index (κ1) is 13.4. The summed E-state index contributed by atoms with van der Waals surface area (Å²) in [7, 11) is 3.78. The zero-order chi connectivity index (χ0) is 13.8. The number of aryl methyl sites for hydroxylation is 1. The number of anilines is 1. The summed E-state index contributed by atoms with van der Waals surface area (Å²) in [6.45, 7) is 1.95. The van der Waals surface area contributed by atoms with E-state index >= 15 is 0 Å². The molecule has 0 atom stereocenters. The van der Waals surface area contributed by atoms with E-state index in [1.165, 1.54) is 17.6 Å². The molecule has 0 aliphatic heterocycles. The van der Waals surface area contributed by atoms with E-state index in [0.29, 0.717) is 11.3 Å². The van der Waals surface area contributed by atoms with Crippen LogP contribution in [0.3, 0.4) is 0 Å². The Morgan fingerprint density at radius 1 is 1.47 bits per heavy atom.